The minimum absolute atomic E-state index is 0.682. The van der Waals surface area contributed by atoms with E-state index in [2.05, 4.69) is 22.3 Å². The summed E-state index contributed by atoms with van der Waals surface area (Å²) in [5, 5.41) is 10.6. The number of ether oxygens (including phenoxy) is 1. The minimum Gasteiger partial charge on any atom is -0.497 e. The maximum atomic E-state index is 5.63. The van der Waals surface area contributed by atoms with E-state index in [0.29, 0.717) is 11.6 Å². The van der Waals surface area contributed by atoms with Crippen LogP contribution in [-0.4, -0.2) is 26.7 Å². The first kappa shape index (κ1) is 16.8. The number of thioether (sulfide) groups is 1. The van der Waals surface area contributed by atoms with E-state index in [1.165, 1.54) is 5.56 Å². The molecule has 0 aliphatic heterocycles. The molecule has 5 rings (SSSR count). The van der Waals surface area contributed by atoms with Crippen molar-refractivity contribution < 1.29 is 9.15 Å². The Kier molecular flexibility index (Phi) is 4.21. The quantitative estimate of drug-likeness (QED) is 0.402. The van der Waals surface area contributed by atoms with Gasteiger partial charge in [0.2, 0.25) is 0 Å². The van der Waals surface area contributed by atoms with Crippen LogP contribution < -0.4 is 4.74 Å². The van der Waals surface area contributed by atoms with Gasteiger partial charge in [-0.2, -0.15) is 0 Å². The number of furan rings is 1. The summed E-state index contributed by atoms with van der Waals surface area (Å²) in [5.41, 5.74) is 2.81. The Morgan fingerprint density at radius 2 is 1.86 bits per heavy atom. The van der Waals surface area contributed by atoms with Gasteiger partial charge in [-0.3, -0.25) is 4.40 Å². The number of hydrogen-bond donors (Lipinski definition) is 0. The molecule has 0 aliphatic carbocycles. The van der Waals surface area contributed by atoms with Crippen LogP contribution in [0.3, 0.4) is 0 Å². The van der Waals surface area contributed by atoms with Crippen LogP contribution in [0.1, 0.15) is 5.56 Å². The molecule has 3 aromatic heterocycles. The summed E-state index contributed by atoms with van der Waals surface area (Å²) in [4.78, 5) is 4.82. The molecule has 0 unspecified atom stereocenters. The first-order valence-corrected chi connectivity index (χ1v) is 9.75. The predicted octanol–water partition coefficient (Wildman–Crippen LogP) is 4.84. The molecular formula is C21H16N4O2S. The zero-order valence-corrected chi connectivity index (χ0v) is 15.9. The van der Waals surface area contributed by atoms with Crippen LogP contribution in [0.2, 0.25) is 0 Å². The number of nitrogens with zero attached hydrogens (tertiary/aromatic N) is 4. The highest BCUT2D eigenvalue weighted by Gasteiger charge is 2.18. The average Bonchev–Trinajstić information content (AvgIpc) is 3.42. The van der Waals surface area contributed by atoms with Gasteiger partial charge in [0.15, 0.2) is 22.4 Å². The zero-order valence-electron chi connectivity index (χ0n) is 15.1. The summed E-state index contributed by atoms with van der Waals surface area (Å²) in [6.07, 6.45) is 1.65. The predicted molar refractivity (Wildman–Crippen MR) is 109 cm³/mol. The van der Waals surface area contributed by atoms with Gasteiger partial charge in [0.1, 0.15) is 5.75 Å². The van der Waals surface area contributed by atoms with Crippen LogP contribution in [-0.2, 0) is 5.75 Å². The van der Waals surface area contributed by atoms with E-state index in [0.717, 1.165) is 33.2 Å². The summed E-state index contributed by atoms with van der Waals surface area (Å²) in [5.74, 6) is 2.98. The molecule has 0 bridgehead atoms. The van der Waals surface area contributed by atoms with E-state index in [-0.39, 0.29) is 0 Å². The molecule has 0 saturated carbocycles. The van der Waals surface area contributed by atoms with Gasteiger partial charge in [0.05, 0.1) is 18.9 Å². The van der Waals surface area contributed by atoms with Crippen molar-refractivity contribution in [3.05, 3.63) is 72.5 Å². The van der Waals surface area contributed by atoms with E-state index < -0.39 is 0 Å². The Morgan fingerprint density at radius 1 is 1.00 bits per heavy atom. The van der Waals surface area contributed by atoms with Gasteiger partial charge < -0.3 is 9.15 Å². The van der Waals surface area contributed by atoms with Crippen molar-refractivity contribution in [3.8, 4) is 17.3 Å². The van der Waals surface area contributed by atoms with Crippen LogP contribution in [0.15, 0.2) is 76.5 Å². The summed E-state index contributed by atoms with van der Waals surface area (Å²) >= 11 is 1.61. The third-order valence-corrected chi connectivity index (χ3v) is 5.49. The van der Waals surface area contributed by atoms with Crippen molar-refractivity contribution in [1.29, 1.82) is 0 Å². The Hall–Kier alpha value is -3.32. The van der Waals surface area contributed by atoms with Crippen molar-refractivity contribution in [2.75, 3.05) is 7.11 Å². The maximum Gasteiger partial charge on any atom is 0.197 e. The number of rotatable bonds is 5. The number of para-hydroxylation sites is 1. The highest BCUT2D eigenvalue weighted by atomic mass is 32.2. The lowest BCUT2D eigenvalue weighted by Crippen LogP contribution is -1.99. The van der Waals surface area contributed by atoms with Crippen molar-refractivity contribution in [2.24, 2.45) is 0 Å². The Balaban J connectivity index is 1.60. The van der Waals surface area contributed by atoms with E-state index in [1.54, 1.807) is 25.1 Å². The van der Waals surface area contributed by atoms with Crippen LogP contribution in [0.4, 0.5) is 0 Å². The second-order valence-electron chi connectivity index (χ2n) is 6.21. The molecule has 7 heteroatoms. The Bertz CT molecular complexity index is 1250. The highest BCUT2D eigenvalue weighted by molar-refractivity contribution is 7.98. The van der Waals surface area contributed by atoms with Gasteiger partial charge >= 0.3 is 0 Å². The molecule has 138 valence electrons. The third-order valence-electron chi connectivity index (χ3n) is 4.49. The highest BCUT2D eigenvalue weighted by Crippen LogP contribution is 2.30. The first-order valence-electron chi connectivity index (χ1n) is 8.77. The summed E-state index contributed by atoms with van der Waals surface area (Å²) < 4.78 is 12.8. The van der Waals surface area contributed by atoms with E-state index >= 15 is 0 Å². The van der Waals surface area contributed by atoms with Gasteiger partial charge in [-0.15, -0.1) is 10.2 Å². The van der Waals surface area contributed by atoms with Crippen molar-refractivity contribution >= 4 is 28.3 Å². The first-order chi connectivity index (χ1) is 13.8. The molecule has 0 N–H and O–H groups in total. The van der Waals surface area contributed by atoms with Crippen LogP contribution >= 0.6 is 11.8 Å². The van der Waals surface area contributed by atoms with E-state index in [9.17, 15) is 0 Å². The van der Waals surface area contributed by atoms with Crippen molar-refractivity contribution in [1.82, 2.24) is 19.6 Å². The van der Waals surface area contributed by atoms with Crippen molar-refractivity contribution in [2.45, 2.75) is 10.9 Å². The molecule has 0 amide bonds. The van der Waals surface area contributed by atoms with Crippen molar-refractivity contribution in [3.63, 3.8) is 0 Å². The second kappa shape index (κ2) is 7.01. The number of aromatic nitrogens is 4. The summed E-state index contributed by atoms with van der Waals surface area (Å²) in [6, 6.07) is 19.7. The zero-order chi connectivity index (χ0) is 18.9. The fraction of sp³-hybridized carbons (Fsp3) is 0.0952. The van der Waals surface area contributed by atoms with Gasteiger partial charge in [0, 0.05) is 11.1 Å². The average molecular weight is 388 g/mol. The fourth-order valence-electron chi connectivity index (χ4n) is 3.09. The molecule has 0 spiro atoms. The van der Waals surface area contributed by atoms with Gasteiger partial charge in [0.25, 0.3) is 0 Å². The third kappa shape index (κ3) is 2.90. The number of benzene rings is 2. The Labute approximate surface area is 165 Å². The van der Waals surface area contributed by atoms with E-state index in [4.69, 9.17) is 14.1 Å². The molecule has 5 aromatic rings. The lowest BCUT2D eigenvalue weighted by Gasteiger charge is -2.08. The maximum absolute atomic E-state index is 5.63. The molecule has 3 heterocycles. The minimum atomic E-state index is 0.682. The standard InChI is InChI=1S/C21H16N4O2S/c1-26-15-10-8-14(9-11-15)13-28-21-24-23-19-16-5-2-3-6-17(16)22-20(25(19)21)18-7-4-12-27-18/h2-12H,13H2,1H3. The molecule has 28 heavy (non-hydrogen) atoms. The topological polar surface area (TPSA) is 65.5 Å². The molecule has 6 nitrogen and oxygen atoms in total. The van der Waals surface area contributed by atoms with Crippen LogP contribution in [0.25, 0.3) is 28.1 Å². The molecular weight excluding hydrogens is 372 g/mol. The van der Waals surface area contributed by atoms with Crippen LogP contribution in [0.5, 0.6) is 5.75 Å². The summed E-state index contributed by atoms with van der Waals surface area (Å²) in [6.45, 7) is 0. The second-order valence-corrected chi connectivity index (χ2v) is 7.15. The molecule has 2 aromatic carbocycles. The molecule has 0 fully saturated rings. The van der Waals surface area contributed by atoms with E-state index in [1.807, 2.05) is 52.9 Å². The normalized spacial score (nSPS) is 11.3. The molecule has 0 radical (unpaired) electrons. The van der Waals surface area contributed by atoms with Crippen LogP contribution in [0, 0.1) is 0 Å². The Morgan fingerprint density at radius 3 is 2.64 bits per heavy atom. The lowest BCUT2D eigenvalue weighted by atomic mass is 10.2. The number of hydrogen-bond acceptors (Lipinski definition) is 6. The molecule has 0 saturated heterocycles. The molecule has 0 atom stereocenters. The number of methoxy groups -OCH3 is 1. The SMILES string of the molecule is COc1ccc(CSc2nnc3c4ccccc4nc(-c4ccco4)n23)cc1. The fourth-order valence-corrected chi connectivity index (χ4v) is 3.98. The summed E-state index contributed by atoms with van der Waals surface area (Å²) in [7, 11) is 1.67. The van der Waals surface area contributed by atoms with Gasteiger partial charge in [-0.1, -0.05) is 36.0 Å². The lowest BCUT2D eigenvalue weighted by molar-refractivity contribution is 0.414. The number of fused-ring (bicyclic) bond motifs is 3. The van der Waals surface area contributed by atoms with Gasteiger partial charge in [-0.05, 0) is 42.0 Å². The molecule has 0 aliphatic rings. The smallest absolute Gasteiger partial charge is 0.197 e. The van der Waals surface area contributed by atoms with Gasteiger partial charge in [-0.25, -0.2) is 4.98 Å². The largest absolute Gasteiger partial charge is 0.497 e. The monoisotopic (exact) mass is 388 g/mol.